The zero-order valence-corrected chi connectivity index (χ0v) is 12.5. The second-order valence-electron chi connectivity index (χ2n) is 5.25. The van der Waals surface area contributed by atoms with E-state index in [0.29, 0.717) is 28.4 Å². The van der Waals surface area contributed by atoms with Crippen molar-refractivity contribution in [2.24, 2.45) is 5.73 Å². The van der Waals surface area contributed by atoms with Gasteiger partial charge in [-0.15, -0.1) is 0 Å². The van der Waals surface area contributed by atoms with Gasteiger partial charge in [-0.2, -0.15) is 13.8 Å². The van der Waals surface area contributed by atoms with E-state index in [9.17, 15) is 8.78 Å². The molecule has 1 aliphatic carbocycles. The summed E-state index contributed by atoms with van der Waals surface area (Å²) in [7, 11) is 0. The molecule has 1 heterocycles. The number of nitrogens with zero attached hydrogens (tertiary/aromatic N) is 2. The first kappa shape index (κ1) is 15.2. The van der Waals surface area contributed by atoms with Crippen molar-refractivity contribution in [1.29, 1.82) is 0 Å². The van der Waals surface area contributed by atoms with E-state index in [0.717, 1.165) is 24.8 Å². The Morgan fingerprint density at radius 1 is 1.23 bits per heavy atom. The molecule has 1 saturated carbocycles. The Kier molecular flexibility index (Phi) is 4.26. The molecule has 0 aliphatic heterocycles. The predicted octanol–water partition coefficient (Wildman–Crippen LogP) is 3.89. The number of rotatable bonds is 5. The standard InChI is InChI=1S/C15H15F2N3OS/c16-14(17)22-11-5-2-10(3-6-11)4-7-12-19-13(20-21-12)15(18)8-1-9-15/h2-7,14H,1,8-9,18H2/b7-4+. The summed E-state index contributed by atoms with van der Waals surface area (Å²) in [6.45, 7) is 0. The number of thioether (sulfide) groups is 1. The molecule has 0 atom stereocenters. The van der Waals surface area contributed by atoms with E-state index in [4.69, 9.17) is 10.3 Å². The Hall–Kier alpha value is -1.73. The van der Waals surface area contributed by atoms with Gasteiger partial charge in [0.05, 0.1) is 5.54 Å². The third kappa shape index (κ3) is 3.36. The number of hydrogen-bond donors (Lipinski definition) is 1. The van der Waals surface area contributed by atoms with E-state index in [1.807, 2.05) is 0 Å². The summed E-state index contributed by atoms with van der Waals surface area (Å²) in [5.74, 6) is -1.48. The molecule has 0 bridgehead atoms. The third-order valence-electron chi connectivity index (χ3n) is 3.66. The van der Waals surface area contributed by atoms with Crippen molar-refractivity contribution in [1.82, 2.24) is 10.1 Å². The minimum Gasteiger partial charge on any atom is -0.335 e. The van der Waals surface area contributed by atoms with Gasteiger partial charge in [-0.05, 0) is 43.0 Å². The van der Waals surface area contributed by atoms with E-state index < -0.39 is 11.3 Å². The Morgan fingerprint density at radius 3 is 2.55 bits per heavy atom. The fourth-order valence-corrected chi connectivity index (χ4v) is 2.71. The average Bonchev–Trinajstić information content (AvgIpc) is 2.93. The topological polar surface area (TPSA) is 64.9 Å². The van der Waals surface area contributed by atoms with Gasteiger partial charge in [-0.25, -0.2) is 0 Å². The number of halogens is 2. The van der Waals surface area contributed by atoms with Crippen LogP contribution in [0.5, 0.6) is 0 Å². The molecule has 4 nitrogen and oxygen atoms in total. The van der Waals surface area contributed by atoms with Crippen molar-refractivity contribution in [2.75, 3.05) is 0 Å². The van der Waals surface area contributed by atoms with Gasteiger partial charge in [-0.3, -0.25) is 0 Å². The normalized spacial score (nSPS) is 17.1. The first-order valence-electron chi connectivity index (χ1n) is 6.91. The van der Waals surface area contributed by atoms with Gasteiger partial charge >= 0.3 is 0 Å². The maximum Gasteiger partial charge on any atom is 0.288 e. The van der Waals surface area contributed by atoms with Gasteiger partial charge in [0.2, 0.25) is 0 Å². The molecule has 2 aromatic rings. The summed E-state index contributed by atoms with van der Waals surface area (Å²) in [4.78, 5) is 4.81. The Labute approximate surface area is 130 Å². The highest BCUT2D eigenvalue weighted by atomic mass is 32.2. The summed E-state index contributed by atoms with van der Waals surface area (Å²) in [6, 6.07) is 6.82. The van der Waals surface area contributed by atoms with Crippen LogP contribution in [-0.2, 0) is 5.54 Å². The Morgan fingerprint density at radius 2 is 1.95 bits per heavy atom. The molecule has 116 valence electrons. The van der Waals surface area contributed by atoms with Crippen LogP contribution in [0.1, 0.15) is 36.5 Å². The molecule has 3 rings (SSSR count). The summed E-state index contributed by atoms with van der Waals surface area (Å²) in [6.07, 6.45) is 6.31. The molecule has 22 heavy (non-hydrogen) atoms. The van der Waals surface area contributed by atoms with Crippen LogP contribution in [0.25, 0.3) is 12.2 Å². The lowest BCUT2D eigenvalue weighted by Gasteiger charge is -2.34. The smallest absolute Gasteiger partial charge is 0.288 e. The third-order valence-corrected chi connectivity index (χ3v) is 4.38. The zero-order chi connectivity index (χ0) is 15.6. The van der Waals surface area contributed by atoms with Gasteiger partial charge in [0.15, 0.2) is 5.82 Å². The Bertz CT molecular complexity index is 666. The van der Waals surface area contributed by atoms with Gasteiger partial charge in [0, 0.05) is 11.0 Å². The van der Waals surface area contributed by atoms with Gasteiger partial charge in [-0.1, -0.05) is 29.1 Å². The van der Waals surface area contributed by atoms with E-state index in [2.05, 4.69) is 10.1 Å². The van der Waals surface area contributed by atoms with Crippen LogP contribution in [-0.4, -0.2) is 15.9 Å². The first-order chi connectivity index (χ1) is 10.5. The van der Waals surface area contributed by atoms with Crippen molar-refractivity contribution in [3.8, 4) is 0 Å². The van der Waals surface area contributed by atoms with Crippen LogP contribution < -0.4 is 5.73 Å². The van der Waals surface area contributed by atoms with Crippen LogP contribution in [0.2, 0.25) is 0 Å². The number of aromatic nitrogens is 2. The van der Waals surface area contributed by atoms with Crippen LogP contribution in [0, 0.1) is 0 Å². The van der Waals surface area contributed by atoms with E-state index in [1.54, 1.807) is 36.4 Å². The second kappa shape index (κ2) is 6.18. The average molecular weight is 323 g/mol. The van der Waals surface area contributed by atoms with E-state index >= 15 is 0 Å². The number of hydrogen-bond acceptors (Lipinski definition) is 5. The summed E-state index contributed by atoms with van der Waals surface area (Å²) < 4.78 is 29.6. The molecular formula is C15H15F2N3OS. The first-order valence-corrected chi connectivity index (χ1v) is 7.79. The molecule has 2 N–H and O–H groups in total. The quantitative estimate of drug-likeness (QED) is 0.846. The number of alkyl halides is 2. The highest BCUT2D eigenvalue weighted by molar-refractivity contribution is 7.99. The molecule has 1 fully saturated rings. The molecule has 0 radical (unpaired) electrons. The summed E-state index contributed by atoms with van der Waals surface area (Å²) in [5.41, 5.74) is 6.55. The predicted molar refractivity (Wildman–Crippen MR) is 81.2 cm³/mol. The van der Waals surface area contributed by atoms with Gasteiger partial charge in [0.1, 0.15) is 0 Å². The zero-order valence-electron chi connectivity index (χ0n) is 11.7. The largest absolute Gasteiger partial charge is 0.335 e. The maximum absolute atomic E-state index is 12.2. The molecule has 0 amide bonds. The lowest BCUT2D eigenvalue weighted by Crippen LogP contribution is -2.44. The maximum atomic E-state index is 12.2. The second-order valence-corrected chi connectivity index (χ2v) is 6.31. The van der Waals surface area contributed by atoms with Crippen molar-refractivity contribution < 1.29 is 13.3 Å². The van der Waals surface area contributed by atoms with Crippen molar-refractivity contribution in [3.05, 3.63) is 41.5 Å². The van der Waals surface area contributed by atoms with Crippen molar-refractivity contribution in [2.45, 2.75) is 35.5 Å². The molecule has 0 unspecified atom stereocenters. The van der Waals surface area contributed by atoms with E-state index in [-0.39, 0.29) is 0 Å². The highest BCUT2D eigenvalue weighted by Crippen LogP contribution is 2.36. The van der Waals surface area contributed by atoms with Crippen LogP contribution >= 0.6 is 11.8 Å². The molecule has 1 aromatic heterocycles. The van der Waals surface area contributed by atoms with Crippen molar-refractivity contribution >= 4 is 23.9 Å². The monoisotopic (exact) mass is 323 g/mol. The highest BCUT2D eigenvalue weighted by Gasteiger charge is 2.38. The fraction of sp³-hybridized carbons (Fsp3) is 0.333. The molecule has 1 aromatic carbocycles. The number of benzene rings is 1. The lowest BCUT2D eigenvalue weighted by atomic mass is 9.77. The Balaban J connectivity index is 1.66. The minimum atomic E-state index is -2.41. The molecule has 0 saturated heterocycles. The van der Waals surface area contributed by atoms with Crippen LogP contribution in [0.3, 0.4) is 0 Å². The SMILES string of the molecule is NC1(c2noc(/C=C/c3ccc(SC(F)F)cc3)n2)CCC1. The summed E-state index contributed by atoms with van der Waals surface area (Å²) in [5, 5.41) is 3.92. The molecule has 0 spiro atoms. The van der Waals surface area contributed by atoms with Crippen LogP contribution in [0.15, 0.2) is 33.7 Å². The van der Waals surface area contributed by atoms with Gasteiger partial charge < -0.3 is 10.3 Å². The van der Waals surface area contributed by atoms with E-state index in [1.165, 1.54) is 0 Å². The lowest BCUT2D eigenvalue weighted by molar-refractivity contribution is 0.229. The fourth-order valence-electron chi connectivity index (χ4n) is 2.21. The van der Waals surface area contributed by atoms with Crippen LogP contribution in [0.4, 0.5) is 8.78 Å². The van der Waals surface area contributed by atoms with Gasteiger partial charge in [0.25, 0.3) is 11.6 Å². The molecular weight excluding hydrogens is 308 g/mol. The molecule has 1 aliphatic rings. The molecule has 7 heteroatoms. The minimum absolute atomic E-state index is 0.387. The summed E-state index contributed by atoms with van der Waals surface area (Å²) >= 11 is 0.524. The number of nitrogens with two attached hydrogens (primary N) is 1. The van der Waals surface area contributed by atoms with Crippen molar-refractivity contribution in [3.63, 3.8) is 0 Å².